The van der Waals surface area contributed by atoms with Gasteiger partial charge in [0.25, 0.3) is 0 Å². The molecule has 1 heterocycles. The molecule has 110 valence electrons. The van der Waals surface area contributed by atoms with Crippen LogP contribution >= 0.6 is 23.4 Å². The normalized spacial score (nSPS) is 19.8. The SMILES string of the molecule is COc1ccc(Cl)cc1CN1CCSCC1CC(=O)O. The molecule has 0 spiro atoms. The van der Waals surface area contributed by atoms with Gasteiger partial charge in [0, 0.05) is 41.2 Å². The number of carboxylic acid groups (broad SMARTS) is 1. The van der Waals surface area contributed by atoms with E-state index < -0.39 is 5.97 Å². The highest BCUT2D eigenvalue weighted by atomic mass is 35.5. The van der Waals surface area contributed by atoms with Crippen molar-refractivity contribution < 1.29 is 14.6 Å². The average Bonchev–Trinajstić information content (AvgIpc) is 2.41. The Morgan fingerprint density at radius 1 is 1.60 bits per heavy atom. The van der Waals surface area contributed by atoms with Crippen LogP contribution < -0.4 is 4.74 Å². The molecule has 2 rings (SSSR count). The number of halogens is 1. The van der Waals surface area contributed by atoms with E-state index in [1.54, 1.807) is 13.2 Å². The first kappa shape index (κ1) is 15.5. The van der Waals surface area contributed by atoms with Crippen LogP contribution in [0.1, 0.15) is 12.0 Å². The third-order valence-electron chi connectivity index (χ3n) is 3.38. The Bertz CT molecular complexity index is 483. The van der Waals surface area contributed by atoms with Gasteiger partial charge in [-0.3, -0.25) is 9.69 Å². The maximum absolute atomic E-state index is 11.0. The Hall–Kier alpha value is -0.910. The summed E-state index contributed by atoms with van der Waals surface area (Å²) in [7, 11) is 1.63. The Morgan fingerprint density at radius 3 is 3.10 bits per heavy atom. The summed E-state index contributed by atoms with van der Waals surface area (Å²) in [5, 5.41) is 9.68. The van der Waals surface area contributed by atoms with E-state index in [1.807, 2.05) is 23.9 Å². The number of benzene rings is 1. The van der Waals surface area contributed by atoms with Gasteiger partial charge in [-0.2, -0.15) is 11.8 Å². The molecule has 20 heavy (non-hydrogen) atoms. The molecule has 1 aromatic carbocycles. The number of rotatable bonds is 5. The van der Waals surface area contributed by atoms with Gasteiger partial charge in [-0.25, -0.2) is 0 Å². The Balaban J connectivity index is 2.13. The number of aliphatic carboxylic acids is 1. The summed E-state index contributed by atoms with van der Waals surface area (Å²) in [5.41, 5.74) is 1.00. The van der Waals surface area contributed by atoms with Crippen molar-refractivity contribution in [1.29, 1.82) is 0 Å². The number of nitrogens with zero attached hydrogens (tertiary/aromatic N) is 1. The molecule has 0 aromatic heterocycles. The maximum Gasteiger partial charge on any atom is 0.304 e. The molecule has 0 amide bonds. The van der Waals surface area contributed by atoms with Gasteiger partial charge in [0.1, 0.15) is 5.75 Å². The van der Waals surface area contributed by atoms with Gasteiger partial charge in [-0.1, -0.05) is 11.6 Å². The quantitative estimate of drug-likeness (QED) is 0.905. The molecule has 0 bridgehead atoms. The molecule has 0 aliphatic carbocycles. The first-order valence-corrected chi connectivity index (χ1v) is 7.99. The number of carboxylic acids is 1. The first-order chi connectivity index (χ1) is 9.60. The molecular weight excluding hydrogens is 298 g/mol. The van der Waals surface area contributed by atoms with Crippen LogP contribution in [0.4, 0.5) is 0 Å². The monoisotopic (exact) mass is 315 g/mol. The molecule has 1 fully saturated rings. The second-order valence-corrected chi connectivity index (χ2v) is 6.34. The van der Waals surface area contributed by atoms with Gasteiger partial charge in [-0.15, -0.1) is 0 Å². The van der Waals surface area contributed by atoms with E-state index in [0.717, 1.165) is 29.4 Å². The van der Waals surface area contributed by atoms with E-state index in [-0.39, 0.29) is 12.5 Å². The predicted octanol–water partition coefficient (Wildman–Crippen LogP) is 2.74. The average molecular weight is 316 g/mol. The fourth-order valence-electron chi connectivity index (χ4n) is 2.38. The summed E-state index contributed by atoms with van der Waals surface area (Å²) in [4.78, 5) is 13.2. The molecule has 1 saturated heterocycles. The zero-order valence-corrected chi connectivity index (χ0v) is 12.9. The van der Waals surface area contributed by atoms with Crippen LogP contribution in [0.2, 0.25) is 5.02 Å². The van der Waals surface area contributed by atoms with Crippen molar-refractivity contribution in [2.75, 3.05) is 25.2 Å². The van der Waals surface area contributed by atoms with Crippen LogP contribution in [-0.2, 0) is 11.3 Å². The minimum Gasteiger partial charge on any atom is -0.496 e. The first-order valence-electron chi connectivity index (χ1n) is 6.46. The van der Waals surface area contributed by atoms with E-state index in [0.29, 0.717) is 11.6 Å². The molecule has 6 heteroatoms. The smallest absolute Gasteiger partial charge is 0.304 e. The number of hydrogen-bond acceptors (Lipinski definition) is 4. The fourth-order valence-corrected chi connectivity index (χ4v) is 3.70. The van der Waals surface area contributed by atoms with E-state index in [9.17, 15) is 4.79 Å². The molecule has 1 N–H and O–H groups in total. The molecule has 0 radical (unpaired) electrons. The highest BCUT2D eigenvalue weighted by molar-refractivity contribution is 7.99. The summed E-state index contributed by atoms with van der Waals surface area (Å²) in [5.74, 6) is 1.93. The van der Waals surface area contributed by atoms with E-state index in [1.165, 1.54) is 0 Å². The number of ether oxygens (including phenoxy) is 1. The zero-order chi connectivity index (χ0) is 14.5. The third-order valence-corrected chi connectivity index (χ3v) is 4.70. The molecular formula is C14H18ClNO3S. The summed E-state index contributed by atoms with van der Waals surface area (Å²) in [6.07, 6.45) is 0.176. The Labute approximate surface area is 128 Å². The van der Waals surface area contributed by atoms with Crippen LogP contribution in [0.3, 0.4) is 0 Å². The standard InChI is InChI=1S/C14H18ClNO3S/c1-19-13-3-2-11(15)6-10(13)8-16-4-5-20-9-12(16)7-14(17)18/h2-3,6,12H,4-5,7-9H2,1H3,(H,17,18). The largest absolute Gasteiger partial charge is 0.496 e. The lowest BCUT2D eigenvalue weighted by Crippen LogP contribution is -2.43. The van der Waals surface area contributed by atoms with Gasteiger partial charge in [0.05, 0.1) is 13.5 Å². The molecule has 1 aromatic rings. The molecule has 0 saturated carbocycles. The highest BCUT2D eigenvalue weighted by Crippen LogP contribution is 2.27. The summed E-state index contributed by atoms with van der Waals surface area (Å²) < 4.78 is 5.35. The van der Waals surface area contributed by atoms with Crippen molar-refractivity contribution in [1.82, 2.24) is 4.90 Å². The van der Waals surface area contributed by atoms with Crippen LogP contribution in [0.25, 0.3) is 0 Å². The van der Waals surface area contributed by atoms with Crippen molar-refractivity contribution in [2.24, 2.45) is 0 Å². The van der Waals surface area contributed by atoms with Crippen molar-refractivity contribution in [3.05, 3.63) is 28.8 Å². The number of carbonyl (C=O) groups is 1. The molecule has 1 aliphatic rings. The van der Waals surface area contributed by atoms with E-state index in [4.69, 9.17) is 21.4 Å². The van der Waals surface area contributed by atoms with Crippen molar-refractivity contribution in [3.8, 4) is 5.75 Å². The van der Waals surface area contributed by atoms with Gasteiger partial charge < -0.3 is 9.84 Å². The second kappa shape index (κ2) is 7.20. The number of hydrogen-bond donors (Lipinski definition) is 1. The van der Waals surface area contributed by atoms with Gasteiger partial charge in [0.15, 0.2) is 0 Å². The summed E-state index contributed by atoms with van der Waals surface area (Å²) in [6, 6.07) is 5.60. The molecule has 1 aliphatic heterocycles. The van der Waals surface area contributed by atoms with Crippen LogP contribution in [0.5, 0.6) is 5.75 Å². The van der Waals surface area contributed by atoms with E-state index in [2.05, 4.69) is 4.90 Å². The summed E-state index contributed by atoms with van der Waals surface area (Å²) >= 11 is 7.85. The molecule has 1 atom stereocenters. The maximum atomic E-state index is 11.0. The minimum absolute atomic E-state index is 0.0648. The number of thioether (sulfide) groups is 1. The molecule has 1 unspecified atom stereocenters. The van der Waals surface area contributed by atoms with Gasteiger partial charge in [0.2, 0.25) is 0 Å². The van der Waals surface area contributed by atoms with Crippen molar-refractivity contribution in [2.45, 2.75) is 19.0 Å². The lowest BCUT2D eigenvalue weighted by molar-refractivity contribution is -0.138. The third kappa shape index (κ3) is 4.04. The van der Waals surface area contributed by atoms with Crippen molar-refractivity contribution in [3.63, 3.8) is 0 Å². The highest BCUT2D eigenvalue weighted by Gasteiger charge is 2.25. The topological polar surface area (TPSA) is 49.8 Å². The lowest BCUT2D eigenvalue weighted by Gasteiger charge is -2.34. The van der Waals surface area contributed by atoms with Crippen LogP contribution in [-0.4, -0.2) is 47.2 Å². The fraction of sp³-hybridized carbons (Fsp3) is 0.500. The Morgan fingerprint density at radius 2 is 2.40 bits per heavy atom. The molecule has 4 nitrogen and oxygen atoms in total. The lowest BCUT2D eigenvalue weighted by atomic mass is 10.1. The minimum atomic E-state index is -0.749. The van der Waals surface area contributed by atoms with Gasteiger partial charge in [-0.05, 0) is 18.2 Å². The van der Waals surface area contributed by atoms with E-state index >= 15 is 0 Å². The zero-order valence-electron chi connectivity index (χ0n) is 11.3. The predicted molar refractivity (Wildman–Crippen MR) is 81.8 cm³/mol. The second-order valence-electron chi connectivity index (χ2n) is 4.75. The number of methoxy groups -OCH3 is 1. The Kier molecular flexibility index (Phi) is 5.57. The van der Waals surface area contributed by atoms with Crippen LogP contribution in [0.15, 0.2) is 18.2 Å². The van der Waals surface area contributed by atoms with Crippen molar-refractivity contribution >= 4 is 29.3 Å². The van der Waals surface area contributed by atoms with Gasteiger partial charge >= 0.3 is 5.97 Å². The van der Waals surface area contributed by atoms with Crippen LogP contribution in [0, 0.1) is 0 Å². The summed E-state index contributed by atoms with van der Waals surface area (Å²) in [6.45, 7) is 1.56.